The quantitative estimate of drug-likeness (QED) is 0.278. The van der Waals surface area contributed by atoms with Crippen molar-refractivity contribution in [3.8, 4) is 5.75 Å². The number of ether oxygens (including phenoxy) is 4. The van der Waals surface area contributed by atoms with Gasteiger partial charge < -0.3 is 24.3 Å². The molecule has 2 aliphatic rings. The van der Waals surface area contributed by atoms with Crippen molar-refractivity contribution >= 4 is 39.8 Å². The topological polar surface area (TPSA) is 95.0 Å². The molecule has 2 aromatic carbocycles. The molecule has 11 heteroatoms. The Morgan fingerprint density at radius 1 is 1.18 bits per heavy atom. The average Bonchev–Trinajstić information content (AvgIpc) is 3.34. The van der Waals surface area contributed by atoms with Crippen molar-refractivity contribution in [2.75, 3.05) is 58.5 Å². The second kappa shape index (κ2) is 12.8. The molecule has 0 unspecified atom stereocenters. The molecule has 2 saturated heterocycles. The van der Waals surface area contributed by atoms with E-state index in [0.717, 1.165) is 13.1 Å². The number of fused-ring (bicyclic) bond motifs is 2. The van der Waals surface area contributed by atoms with Crippen LogP contribution in [0.4, 0.5) is 15.9 Å². The van der Waals surface area contributed by atoms with Gasteiger partial charge in [0.2, 0.25) is 0 Å². The van der Waals surface area contributed by atoms with E-state index in [1.54, 1.807) is 25.3 Å². The second-order valence-corrected chi connectivity index (χ2v) is 9.78. The first-order chi connectivity index (χ1) is 19.0. The summed E-state index contributed by atoms with van der Waals surface area (Å²) < 4.78 is 36.2. The molecule has 39 heavy (non-hydrogen) atoms. The van der Waals surface area contributed by atoms with Crippen LogP contribution in [-0.4, -0.2) is 86.0 Å². The van der Waals surface area contributed by atoms with Gasteiger partial charge in [-0.1, -0.05) is 17.7 Å². The largest absolute Gasteiger partial charge is 0.491 e. The van der Waals surface area contributed by atoms with E-state index in [1.165, 1.54) is 18.5 Å². The van der Waals surface area contributed by atoms with Gasteiger partial charge in [0.05, 0.1) is 42.6 Å². The Hall–Kier alpha value is -3.15. The van der Waals surface area contributed by atoms with Crippen molar-refractivity contribution in [3.05, 3.63) is 65.2 Å². The molecular formula is C28H30ClFN4O5. The van der Waals surface area contributed by atoms with E-state index in [1.807, 2.05) is 12.1 Å². The van der Waals surface area contributed by atoms with E-state index in [9.17, 15) is 9.18 Å². The zero-order chi connectivity index (χ0) is 27.2. The molecule has 1 N–H and O–H groups in total. The third-order valence-electron chi connectivity index (χ3n) is 6.62. The molecule has 1 aromatic heterocycles. The molecule has 0 aliphatic carbocycles. The van der Waals surface area contributed by atoms with Gasteiger partial charge in [0.25, 0.3) is 0 Å². The fraction of sp³-hybridized carbons (Fsp3) is 0.393. The van der Waals surface area contributed by atoms with Gasteiger partial charge >= 0.3 is 0 Å². The van der Waals surface area contributed by atoms with Crippen LogP contribution in [0, 0.1) is 5.82 Å². The van der Waals surface area contributed by atoms with E-state index in [2.05, 4.69) is 20.2 Å². The number of likely N-dealkylation sites (tertiary alicyclic amines) is 1. The molecule has 2 fully saturated rings. The smallest absolute Gasteiger partial charge is 0.159 e. The highest BCUT2D eigenvalue weighted by Crippen LogP contribution is 2.31. The molecule has 3 aromatic rings. The van der Waals surface area contributed by atoms with E-state index < -0.39 is 5.82 Å². The number of nitrogens with zero attached hydrogens (tertiary/aromatic N) is 3. The van der Waals surface area contributed by atoms with E-state index in [4.69, 9.17) is 30.5 Å². The molecule has 0 bridgehead atoms. The maximum absolute atomic E-state index is 13.6. The van der Waals surface area contributed by atoms with Gasteiger partial charge in [-0.05, 0) is 30.3 Å². The number of hydrogen-bond acceptors (Lipinski definition) is 9. The standard InChI is InChI=1S/C28H30ClFN4O5/c1-36-7-8-37-25-14-24-21(28(32-17-31-24)33-19-4-5-23(30)22(29)13-19)12-18(25)11-20(35)3-2-6-34-15-26-27(16-34)39-10-9-38-26/h2-5,12-14,17,26-27H,6-11,15-16H2,1H3,(H,31,32,33)/b3-2+/t26-,27+. The summed E-state index contributed by atoms with van der Waals surface area (Å²) in [5, 5.41) is 3.85. The minimum Gasteiger partial charge on any atom is -0.491 e. The number of methoxy groups -OCH3 is 1. The number of allylic oxidation sites excluding steroid dienone is 1. The molecule has 3 heterocycles. The molecule has 5 rings (SSSR count). The lowest BCUT2D eigenvalue weighted by molar-refractivity contribution is -0.116. The van der Waals surface area contributed by atoms with Gasteiger partial charge in [-0.25, -0.2) is 14.4 Å². The third-order valence-corrected chi connectivity index (χ3v) is 6.90. The van der Waals surface area contributed by atoms with Crippen molar-refractivity contribution in [1.82, 2.24) is 14.9 Å². The monoisotopic (exact) mass is 556 g/mol. The summed E-state index contributed by atoms with van der Waals surface area (Å²) in [5.41, 5.74) is 1.89. The predicted octanol–water partition coefficient (Wildman–Crippen LogP) is 3.96. The molecular weight excluding hydrogens is 527 g/mol. The Kier molecular flexibility index (Phi) is 9.00. The predicted molar refractivity (Wildman–Crippen MR) is 145 cm³/mol. The van der Waals surface area contributed by atoms with E-state index in [-0.39, 0.29) is 29.4 Å². The van der Waals surface area contributed by atoms with Gasteiger partial charge in [0.1, 0.15) is 30.3 Å². The lowest BCUT2D eigenvalue weighted by Gasteiger charge is -2.24. The molecule has 0 radical (unpaired) electrons. The van der Waals surface area contributed by atoms with Crippen LogP contribution in [0.5, 0.6) is 5.75 Å². The number of carbonyl (C=O) groups excluding carboxylic acids is 1. The van der Waals surface area contributed by atoms with Crippen LogP contribution in [0.3, 0.4) is 0 Å². The Morgan fingerprint density at radius 3 is 2.72 bits per heavy atom. The van der Waals surface area contributed by atoms with Crippen LogP contribution in [0.15, 0.2) is 48.8 Å². The molecule has 0 amide bonds. The second-order valence-electron chi connectivity index (χ2n) is 9.38. The number of nitrogens with one attached hydrogen (secondary N) is 1. The van der Waals surface area contributed by atoms with E-state index >= 15 is 0 Å². The van der Waals surface area contributed by atoms with Crippen molar-refractivity contribution in [1.29, 1.82) is 0 Å². The maximum atomic E-state index is 13.6. The van der Waals surface area contributed by atoms with Crippen molar-refractivity contribution in [2.24, 2.45) is 0 Å². The highest BCUT2D eigenvalue weighted by Gasteiger charge is 2.35. The number of ketones is 1. The molecule has 0 saturated carbocycles. The Balaban J connectivity index is 1.33. The van der Waals surface area contributed by atoms with E-state index in [0.29, 0.717) is 66.7 Å². The zero-order valence-electron chi connectivity index (χ0n) is 21.6. The van der Waals surface area contributed by atoms with Crippen molar-refractivity contribution in [2.45, 2.75) is 18.6 Å². The Morgan fingerprint density at radius 2 is 1.97 bits per heavy atom. The average molecular weight is 557 g/mol. The molecule has 0 spiro atoms. The lowest BCUT2D eigenvalue weighted by Crippen LogP contribution is -2.36. The number of benzene rings is 2. The first kappa shape index (κ1) is 27.4. The third kappa shape index (κ3) is 6.90. The normalized spacial score (nSPS) is 19.5. The Labute approximate surface area is 230 Å². The SMILES string of the molecule is COCCOc1cc2ncnc(Nc3ccc(F)c(Cl)c3)c2cc1CC(=O)/C=C/CN1C[C@@H]2OCCO[C@@H]2C1. The summed E-state index contributed by atoms with van der Waals surface area (Å²) in [4.78, 5) is 23.9. The summed E-state index contributed by atoms with van der Waals surface area (Å²) in [5.74, 6) is 0.474. The number of hydrogen-bond donors (Lipinski definition) is 1. The highest BCUT2D eigenvalue weighted by atomic mass is 35.5. The molecule has 2 aliphatic heterocycles. The fourth-order valence-electron chi connectivity index (χ4n) is 4.71. The zero-order valence-corrected chi connectivity index (χ0v) is 22.3. The van der Waals surface area contributed by atoms with Crippen molar-refractivity contribution in [3.63, 3.8) is 0 Å². The number of anilines is 2. The first-order valence-electron chi connectivity index (χ1n) is 12.8. The number of carbonyl (C=O) groups is 1. The van der Waals surface area contributed by atoms with Crippen molar-refractivity contribution < 1.29 is 28.1 Å². The first-order valence-corrected chi connectivity index (χ1v) is 13.1. The summed E-state index contributed by atoms with van der Waals surface area (Å²) in [7, 11) is 1.60. The maximum Gasteiger partial charge on any atom is 0.159 e. The van der Waals surface area contributed by atoms with Crippen LogP contribution < -0.4 is 10.1 Å². The van der Waals surface area contributed by atoms with Gasteiger partial charge in [-0.2, -0.15) is 0 Å². The van der Waals surface area contributed by atoms with Gasteiger partial charge in [0.15, 0.2) is 5.78 Å². The van der Waals surface area contributed by atoms with Crippen LogP contribution in [0.25, 0.3) is 10.9 Å². The minimum absolute atomic E-state index is 0.00184. The summed E-state index contributed by atoms with van der Waals surface area (Å²) in [6, 6.07) is 7.96. The molecule has 206 valence electrons. The number of aromatic nitrogens is 2. The summed E-state index contributed by atoms with van der Waals surface area (Å²) >= 11 is 5.94. The van der Waals surface area contributed by atoms with Crippen LogP contribution >= 0.6 is 11.6 Å². The fourth-order valence-corrected chi connectivity index (χ4v) is 4.89. The van der Waals surface area contributed by atoms with Crippen LogP contribution in [0.1, 0.15) is 5.56 Å². The Bertz CT molecular complexity index is 1340. The molecule has 9 nitrogen and oxygen atoms in total. The highest BCUT2D eigenvalue weighted by molar-refractivity contribution is 6.31. The van der Waals surface area contributed by atoms with Crippen LogP contribution in [0.2, 0.25) is 5.02 Å². The minimum atomic E-state index is -0.508. The van der Waals surface area contributed by atoms with Gasteiger partial charge in [-0.3, -0.25) is 9.69 Å². The number of halogens is 2. The summed E-state index contributed by atoms with van der Waals surface area (Å²) in [6.07, 6.45) is 5.23. The van der Waals surface area contributed by atoms with Gasteiger partial charge in [-0.15, -0.1) is 0 Å². The lowest BCUT2D eigenvalue weighted by atomic mass is 10.0. The summed E-state index contributed by atoms with van der Waals surface area (Å²) in [6.45, 7) is 4.21. The van der Waals surface area contributed by atoms with Crippen LogP contribution in [-0.2, 0) is 25.4 Å². The number of rotatable bonds is 11. The van der Waals surface area contributed by atoms with Gasteiger partial charge in [0, 0.05) is 55.9 Å². The molecule has 2 atom stereocenters.